The van der Waals surface area contributed by atoms with Crippen molar-refractivity contribution in [1.82, 2.24) is 4.98 Å². The minimum Gasteiger partial charge on any atom is -0.494 e. The van der Waals surface area contributed by atoms with E-state index in [0.29, 0.717) is 22.3 Å². The highest BCUT2D eigenvalue weighted by molar-refractivity contribution is 7.22. The summed E-state index contributed by atoms with van der Waals surface area (Å²) >= 11 is 7.26. The number of unbranched alkanes of at least 4 members (excludes halogenated alkanes) is 1. The second-order valence-corrected chi connectivity index (χ2v) is 6.78. The van der Waals surface area contributed by atoms with E-state index in [4.69, 9.17) is 16.3 Å². The van der Waals surface area contributed by atoms with Crippen molar-refractivity contribution in [2.75, 3.05) is 11.9 Å². The zero-order valence-electron chi connectivity index (χ0n) is 13.2. The lowest BCUT2D eigenvalue weighted by Gasteiger charge is -2.04. The molecule has 24 heavy (non-hydrogen) atoms. The molecule has 0 fully saturated rings. The second-order valence-electron chi connectivity index (χ2n) is 5.31. The number of nitrogens with one attached hydrogen (secondary N) is 1. The van der Waals surface area contributed by atoms with Crippen LogP contribution in [0.1, 0.15) is 30.1 Å². The van der Waals surface area contributed by atoms with Gasteiger partial charge in [0.1, 0.15) is 5.75 Å². The van der Waals surface area contributed by atoms with Gasteiger partial charge in [-0.3, -0.25) is 10.1 Å². The van der Waals surface area contributed by atoms with Gasteiger partial charge in [0.05, 0.1) is 16.8 Å². The van der Waals surface area contributed by atoms with Crippen molar-refractivity contribution in [1.29, 1.82) is 0 Å². The molecule has 1 aromatic heterocycles. The van der Waals surface area contributed by atoms with Crippen LogP contribution in [0.4, 0.5) is 5.13 Å². The zero-order valence-corrected chi connectivity index (χ0v) is 14.8. The lowest BCUT2D eigenvalue weighted by Crippen LogP contribution is -2.11. The van der Waals surface area contributed by atoms with Gasteiger partial charge in [0.25, 0.3) is 5.91 Å². The maximum atomic E-state index is 12.2. The molecule has 1 N–H and O–H groups in total. The van der Waals surface area contributed by atoms with Gasteiger partial charge < -0.3 is 4.74 Å². The number of nitrogens with zero attached hydrogens (tertiary/aromatic N) is 1. The van der Waals surface area contributed by atoms with Gasteiger partial charge in [0.15, 0.2) is 5.13 Å². The molecule has 0 saturated heterocycles. The summed E-state index contributed by atoms with van der Waals surface area (Å²) in [5.74, 6) is 0.625. The van der Waals surface area contributed by atoms with Crippen LogP contribution in [0.2, 0.25) is 5.02 Å². The number of amides is 1. The minimum absolute atomic E-state index is 0.204. The number of hydrogen-bond donors (Lipinski definition) is 1. The molecule has 3 rings (SSSR count). The highest BCUT2D eigenvalue weighted by Gasteiger charge is 2.10. The summed E-state index contributed by atoms with van der Waals surface area (Å²) in [4.78, 5) is 16.7. The molecular weight excluding hydrogens is 344 g/mol. The quantitative estimate of drug-likeness (QED) is 0.600. The van der Waals surface area contributed by atoms with E-state index in [1.54, 1.807) is 24.3 Å². The summed E-state index contributed by atoms with van der Waals surface area (Å²) in [6, 6.07) is 12.5. The van der Waals surface area contributed by atoms with E-state index in [1.807, 2.05) is 18.2 Å². The summed E-state index contributed by atoms with van der Waals surface area (Å²) in [5.41, 5.74) is 1.39. The van der Waals surface area contributed by atoms with Crippen LogP contribution in [0.5, 0.6) is 5.75 Å². The van der Waals surface area contributed by atoms with Gasteiger partial charge in [-0.15, -0.1) is 0 Å². The van der Waals surface area contributed by atoms with Crippen LogP contribution in [0.3, 0.4) is 0 Å². The molecule has 124 valence electrons. The van der Waals surface area contributed by atoms with Gasteiger partial charge in [-0.25, -0.2) is 4.98 Å². The van der Waals surface area contributed by atoms with E-state index in [0.717, 1.165) is 28.8 Å². The Kier molecular flexibility index (Phi) is 5.33. The van der Waals surface area contributed by atoms with Gasteiger partial charge in [-0.05, 0) is 48.9 Å². The Morgan fingerprint density at radius 2 is 2.04 bits per heavy atom. The molecule has 0 aliphatic carbocycles. The molecule has 0 saturated carbocycles. The maximum Gasteiger partial charge on any atom is 0.257 e. The second kappa shape index (κ2) is 7.64. The largest absolute Gasteiger partial charge is 0.494 e. The summed E-state index contributed by atoms with van der Waals surface area (Å²) < 4.78 is 6.69. The van der Waals surface area contributed by atoms with E-state index in [-0.39, 0.29) is 5.91 Å². The summed E-state index contributed by atoms with van der Waals surface area (Å²) in [7, 11) is 0. The van der Waals surface area contributed by atoms with E-state index in [2.05, 4.69) is 17.2 Å². The highest BCUT2D eigenvalue weighted by Crippen LogP contribution is 2.29. The van der Waals surface area contributed by atoms with E-state index in [1.165, 1.54) is 11.3 Å². The van der Waals surface area contributed by atoms with Crippen molar-refractivity contribution in [3.8, 4) is 5.75 Å². The van der Waals surface area contributed by atoms with Crippen LogP contribution in [0, 0.1) is 0 Å². The molecule has 2 aromatic carbocycles. The fourth-order valence-electron chi connectivity index (χ4n) is 2.15. The number of fused-ring (bicyclic) bond motifs is 1. The SMILES string of the molecule is CCCCOc1ccc2nc(NC(=O)c3ccc(Cl)cc3)sc2c1. The summed E-state index contributed by atoms with van der Waals surface area (Å²) in [5, 5.41) is 3.99. The van der Waals surface area contributed by atoms with Gasteiger partial charge in [-0.2, -0.15) is 0 Å². The van der Waals surface area contributed by atoms with Crippen molar-refractivity contribution in [2.24, 2.45) is 0 Å². The smallest absolute Gasteiger partial charge is 0.257 e. The number of rotatable bonds is 6. The van der Waals surface area contributed by atoms with Crippen LogP contribution in [-0.4, -0.2) is 17.5 Å². The topological polar surface area (TPSA) is 51.2 Å². The maximum absolute atomic E-state index is 12.2. The highest BCUT2D eigenvalue weighted by atomic mass is 35.5. The number of hydrogen-bond acceptors (Lipinski definition) is 4. The predicted molar refractivity (Wildman–Crippen MR) is 99.4 cm³/mol. The van der Waals surface area contributed by atoms with Gasteiger partial charge in [0, 0.05) is 10.6 Å². The third-order valence-corrected chi connectivity index (χ3v) is 4.64. The molecule has 0 unspecified atom stereocenters. The Bertz CT molecular complexity index is 846. The fraction of sp³-hybridized carbons (Fsp3) is 0.222. The Balaban J connectivity index is 1.73. The van der Waals surface area contributed by atoms with Crippen molar-refractivity contribution in [3.05, 3.63) is 53.1 Å². The molecule has 3 aromatic rings. The normalized spacial score (nSPS) is 10.8. The molecule has 4 nitrogen and oxygen atoms in total. The van der Waals surface area contributed by atoms with Crippen molar-refractivity contribution < 1.29 is 9.53 Å². The zero-order chi connectivity index (χ0) is 16.9. The Morgan fingerprint density at radius 1 is 1.25 bits per heavy atom. The van der Waals surface area contributed by atoms with Crippen molar-refractivity contribution >= 4 is 44.2 Å². The molecule has 0 aliphatic rings. The van der Waals surface area contributed by atoms with Crippen LogP contribution >= 0.6 is 22.9 Å². The summed E-state index contributed by atoms with van der Waals surface area (Å²) in [6.07, 6.45) is 2.13. The molecule has 0 atom stereocenters. The fourth-order valence-corrected chi connectivity index (χ4v) is 3.17. The molecule has 0 radical (unpaired) electrons. The first-order valence-electron chi connectivity index (χ1n) is 7.76. The standard InChI is InChI=1S/C18H17ClN2O2S/c1-2-3-10-23-14-8-9-15-16(11-14)24-18(20-15)21-17(22)12-4-6-13(19)7-5-12/h4-9,11H,2-3,10H2,1H3,(H,20,21,22). The van der Waals surface area contributed by atoms with Crippen LogP contribution in [0.25, 0.3) is 10.2 Å². The Hall–Kier alpha value is -2.11. The van der Waals surface area contributed by atoms with E-state index < -0.39 is 0 Å². The number of anilines is 1. The van der Waals surface area contributed by atoms with E-state index >= 15 is 0 Å². The monoisotopic (exact) mass is 360 g/mol. The number of ether oxygens (including phenoxy) is 1. The van der Waals surface area contributed by atoms with Crippen molar-refractivity contribution in [3.63, 3.8) is 0 Å². The van der Waals surface area contributed by atoms with Crippen LogP contribution in [-0.2, 0) is 0 Å². The minimum atomic E-state index is -0.204. The van der Waals surface area contributed by atoms with Crippen LogP contribution in [0.15, 0.2) is 42.5 Å². The van der Waals surface area contributed by atoms with Gasteiger partial charge in [-0.1, -0.05) is 36.3 Å². The Labute approximate surface area is 149 Å². The van der Waals surface area contributed by atoms with E-state index in [9.17, 15) is 4.79 Å². The number of thiazole rings is 1. The van der Waals surface area contributed by atoms with Crippen LogP contribution < -0.4 is 10.1 Å². The molecular formula is C18H17ClN2O2S. The number of carbonyl (C=O) groups excluding carboxylic acids is 1. The third-order valence-electron chi connectivity index (χ3n) is 3.45. The number of benzene rings is 2. The number of halogens is 1. The predicted octanol–water partition coefficient (Wildman–Crippen LogP) is 5.38. The molecule has 0 aliphatic heterocycles. The molecule has 1 amide bonds. The lowest BCUT2D eigenvalue weighted by molar-refractivity contribution is 0.102. The average Bonchev–Trinajstić information content (AvgIpc) is 2.97. The molecule has 6 heteroatoms. The molecule has 1 heterocycles. The summed E-state index contributed by atoms with van der Waals surface area (Å²) in [6.45, 7) is 2.84. The lowest BCUT2D eigenvalue weighted by atomic mass is 10.2. The number of carbonyl (C=O) groups is 1. The van der Waals surface area contributed by atoms with Gasteiger partial charge >= 0.3 is 0 Å². The molecule has 0 bridgehead atoms. The first-order valence-corrected chi connectivity index (χ1v) is 8.95. The van der Waals surface area contributed by atoms with Crippen molar-refractivity contribution in [2.45, 2.75) is 19.8 Å². The Morgan fingerprint density at radius 3 is 2.79 bits per heavy atom. The molecule has 0 spiro atoms. The van der Waals surface area contributed by atoms with Gasteiger partial charge in [0.2, 0.25) is 0 Å². The number of aromatic nitrogens is 1. The first kappa shape index (κ1) is 16.7. The average molecular weight is 361 g/mol. The third kappa shape index (κ3) is 4.04. The first-order chi connectivity index (χ1) is 11.7.